The first kappa shape index (κ1) is 13.0. The summed E-state index contributed by atoms with van der Waals surface area (Å²) >= 11 is 0. The number of hydrogen-bond acceptors (Lipinski definition) is 5. The molecule has 3 rings (SSSR count). The maximum atomic E-state index is 12.3. The highest BCUT2D eigenvalue weighted by Gasteiger charge is 2.12. The van der Waals surface area contributed by atoms with Gasteiger partial charge in [-0.1, -0.05) is 6.07 Å². The molecule has 3 aromatic heterocycles. The van der Waals surface area contributed by atoms with Crippen molar-refractivity contribution in [1.82, 2.24) is 19.4 Å². The molecule has 21 heavy (non-hydrogen) atoms. The van der Waals surface area contributed by atoms with Crippen LogP contribution in [-0.4, -0.2) is 39.4 Å². The molecule has 0 aliphatic carbocycles. The maximum Gasteiger partial charge on any atom is 0.274 e. The quantitative estimate of drug-likeness (QED) is 0.786. The van der Waals surface area contributed by atoms with Gasteiger partial charge in [0, 0.05) is 20.3 Å². The Morgan fingerprint density at radius 1 is 1.14 bits per heavy atom. The molecule has 7 heteroatoms. The summed E-state index contributed by atoms with van der Waals surface area (Å²) in [6, 6.07) is 5.56. The number of imidazole rings is 1. The Labute approximate surface area is 121 Å². The first-order valence-corrected chi connectivity index (χ1v) is 6.38. The summed E-state index contributed by atoms with van der Waals surface area (Å²) in [6.45, 7) is 0. The van der Waals surface area contributed by atoms with E-state index in [1.807, 2.05) is 32.3 Å². The van der Waals surface area contributed by atoms with Gasteiger partial charge in [-0.25, -0.2) is 15.0 Å². The summed E-state index contributed by atoms with van der Waals surface area (Å²) in [4.78, 5) is 26.5. The molecule has 1 amide bonds. The van der Waals surface area contributed by atoms with Crippen molar-refractivity contribution in [3.63, 3.8) is 0 Å². The third-order valence-electron chi connectivity index (χ3n) is 2.95. The average Bonchev–Trinajstić information content (AvgIpc) is 2.92. The van der Waals surface area contributed by atoms with Gasteiger partial charge in [-0.05, 0) is 12.1 Å². The Hall–Kier alpha value is -2.96. The lowest BCUT2D eigenvalue weighted by Crippen LogP contribution is -2.16. The zero-order valence-electron chi connectivity index (χ0n) is 11.7. The lowest BCUT2D eigenvalue weighted by atomic mass is 10.4. The molecule has 1 N–H and O–H groups in total. The topological polar surface area (TPSA) is 75.4 Å². The molecular weight excluding hydrogens is 268 g/mol. The second-order valence-electron chi connectivity index (χ2n) is 4.69. The van der Waals surface area contributed by atoms with Gasteiger partial charge in [-0.3, -0.25) is 9.20 Å². The highest BCUT2D eigenvalue weighted by Crippen LogP contribution is 2.11. The van der Waals surface area contributed by atoms with Crippen molar-refractivity contribution in [3.8, 4) is 0 Å². The van der Waals surface area contributed by atoms with Gasteiger partial charge in [0.25, 0.3) is 5.91 Å². The highest BCUT2D eigenvalue weighted by molar-refractivity contribution is 6.03. The van der Waals surface area contributed by atoms with Gasteiger partial charge in [0.05, 0.1) is 24.3 Å². The summed E-state index contributed by atoms with van der Waals surface area (Å²) in [5.74, 6) is 0.331. The molecule has 0 aliphatic heterocycles. The Morgan fingerprint density at radius 2 is 1.90 bits per heavy atom. The summed E-state index contributed by atoms with van der Waals surface area (Å²) in [7, 11) is 3.71. The fourth-order valence-corrected chi connectivity index (χ4v) is 1.91. The zero-order valence-corrected chi connectivity index (χ0v) is 11.7. The third-order valence-corrected chi connectivity index (χ3v) is 2.95. The van der Waals surface area contributed by atoms with Crippen molar-refractivity contribution in [2.45, 2.75) is 0 Å². The van der Waals surface area contributed by atoms with E-state index >= 15 is 0 Å². The molecule has 0 spiro atoms. The van der Waals surface area contributed by atoms with Crippen molar-refractivity contribution < 1.29 is 4.79 Å². The van der Waals surface area contributed by atoms with Crippen LogP contribution in [0, 0.1) is 0 Å². The van der Waals surface area contributed by atoms with Crippen LogP contribution < -0.4 is 10.2 Å². The van der Waals surface area contributed by atoms with Gasteiger partial charge >= 0.3 is 0 Å². The number of aromatic nitrogens is 4. The predicted octanol–water partition coefficient (Wildman–Crippen LogP) is 1.44. The lowest BCUT2D eigenvalue weighted by molar-refractivity contribution is 0.102. The van der Waals surface area contributed by atoms with Gasteiger partial charge in [-0.2, -0.15) is 0 Å². The Bertz CT molecular complexity index is 778. The zero-order chi connectivity index (χ0) is 14.8. The Kier molecular flexibility index (Phi) is 3.23. The van der Waals surface area contributed by atoms with Crippen LogP contribution in [-0.2, 0) is 0 Å². The highest BCUT2D eigenvalue weighted by atomic mass is 16.1. The second-order valence-corrected chi connectivity index (χ2v) is 4.69. The van der Waals surface area contributed by atoms with E-state index < -0.39 is 0 Å². The monoisotopic (exact) mass is 282 g/mol. The van der Waals surface area contributed by atoms with Crippen LogP contribution in [0.15, 0.2) is 43.0 Å². The number of nitrogens with zero attached hydrogens (tertiary/aromatic N) is 5. The van der Waals surface area contributed by atoms with Crippen LogP contribution >= 0.6 is 0 Å². The molecule has 0 saturated carbocycles. The first-order valence-electron chi connectivity index (χ1n) is 6.38. The fourth-order valence-electron chi connectivity index (χ4n) is 1.91. The number of rotatable bonds is 3. The van der Waals surface area contributed by atoms with Crippen LogP contribution in [0.1, 0.15) is 10.5 Å². The smallest absolute Gasteiger partial charge is 0.274 e. The molecule has 3 heterocycles. The van der Waals surface area contributed by atoms with Gasteiger partial charge in [0.2, 0.25) is 5.95 Å². The third kappa shape index (κ3) is 2.53. The van der Waals surface area contributed by atoms with Crippen LogP contribution in [0.2, 0.25) is 0 Å². The van der Waals surface area contributed by atoms with Gasteiger partial charge in [0.1, 0.15) is 11.3 Å². The van der Waals surface area contributed by atoms with Crippen LogP contribution in [0.4, 0.5) is 11.6 Å². The van der Waals surface area contributed by atoms with Gasteiger partial charge < -0.3 is 10.2 Å². The second kappa shape index (κ2) is 5.20. The van der Waals surface area contributed by atoms with E-state index in [9.17, 15) is 4.79 Å². The lowest BCUT2D eigenvalue weighted by Gasteiger charge is -2.10. The molecule has 0 saturated heterocycles. The minimum absolute atomic E-state index is 0.255. The molecule has 7 nitrogen and oxygen atoms in total. The number of nitrogens with one attached hydrogen (secondary N) is 1. The number of carbonyl (C=O) groups is 1. The van der Waals surface area contributed by atoms with E-state index in [-0.39, 0.29) is 5.91 Å². The number of pyridine rings is 1. The van der Waals surface area contributed by atoms with E-state index in [0.717, 1.165) is 5.65 Å². The maximum absolute atomic E-state index is 12.3. The molecule has 0 bridgehead atoms. The molecule has 0 aromatic carbocycles. The number of fused-ring (bicyclic) bond motifs is 1. The molecular formula is C14H14N6O. The molecule has 106 valence electrons. The summed E-state index contributed by atoms with van der Waals surface area (Å²) in [6.07, 6.45) is 6.48. The van der Waals surface area contributed by atoms with Crippen molar-refractivity contribution in [3.05, 3.63) is 48.7 Å². The molecule has 0 atom stereocenters. The van der Waals surface area contributed by atoms with Crippen LogP contribution in [0.5, 0.6) is 0 Å². The van der Waals surface area contributed by atoms with Crippen molar-refractivity contribution in [1.29, 1.82) is 0 Å². The number of carbonyl (C=O) groups excluding carboxylic acids is 1. The minimum atomic E-state index is -0.255. The van der Waals surface area contributed by atoms with E-state index in [0.29, 0.717) is 17.3 Å². The van der Waals surface area contributed by atoms with Crippen LogP contribution in [0.3, 0.4) is 0 Å². The number of amides is 1. The van der Waals surface area contributed by atoms with Crippen molar-refractivity contribution in [2.24, 2.45) is 0 Å². The van der Waals surface area contributed by atoms with E-state index in [4.69, 9.17) is 0 Å². The summed E-state index contributed by atoms with van der Waals surface area (Å²) in [5.41, 5.74) is 1.72. The summed E-state index contributed by atoms with van der Waals surface area (Å²) < 4.78 is 1.73. The number of hydrogen-bond donors (Lipinski definition) is 1. The van der Waals surface area contributed by atoms with Crippen LogP contribution in [0.25, 0.3) is 5.65 Å². The van der Waals surface area contributed by atoms with E-state index in [1.54, 1.807) is 34.1 Å². The minimum Gasteiger partial charge on any atom is -0.347 e. The largest absolute Gasteiger partial charge is 0.347 e. The van der Waals surface area contributed by atoms with E-state index in [1.165, 1.54) is 0 Å². The molecule has 0 fully saturated rings. The SMILES string of the molecule is CN(C)c1ncc(NC(=O)c2cnc3ccccn23)cn1. The van der Waals surface area contributed by atoms with E-state index in [2.05, 4.69) is 20.3 Å². The Balaban J connectivity index is 1.83. The number of anilines is 2. The summed E-state index contributed by atoms with van der Waals surface area (Å²) in [5, 5.41) is 2.76. The fraction of sp³-hybridized carbons (Fsp3) is 0.143. The van der Waals surface area contributed by atoms with Gasteiger partial charge in [-0.15, -0.1) is 0 Å². The van der Waals surface area contributed by atoms with Gasteiger partial charge in [0.15, 0.2) is 0 Å². The average molecular weight is 282 g/mol. The molecule has 0 unspecified atom stereocenters. The molecule has 0 radical (unpaired) electrons. The predicted molar refractivity (Wildman–Crippen MR) is 79.5 cm³/mol. The standard InChI is InChI=1S/C14H14N6O/c1-19(2)14-16-7-10(8-17-14)18-13(21)11-9-15-12-5-3-4-6-20(11)12/h3-9H,1-2H3,(H,18,21). The molecule has 0 aliphatic rings. The Morgan fingerprint density at radius 3 is 2.62 bits per heavy atom. The van der Waals surface area contributed by atoms with Crippen molar-refractivity contribution >= 4 is 23.2 Å². The normalized spacial score (nSPS) is 10.6. The first-order chi connectivity index (χ1) is 10.1. The molecule has 3 aromatic rings. The van der Waals surface area contributed by atoms with Crippen molar-refractivity contribution in [2.75, 3.05) is 24.3 Å².